The highest BCUT2D eigenvalue weighted by molar-refractivity contribution is 7.47. The molecule has 0 aliphatic heterocycles. The lowest BCUT2D eigenvalue weighted by atomic mass is 10.0. The molecule has 0 aromatic carbocycles. The summed E-state index contributed by atoms with van der Waals surface area (Å²) < 4.78 is 34.4. The van der Waals surface area contributed by atoms with E-state index in [1.165, 1.54) is 167 Å². The maximum atomic E-state index is 12.7. The second-order valence-corrected chi connectivity index (χ2v) is 22.1. The summed E-state index contributed by atoms with van der Waals surface area (Å²) in [6.45, 7) is 4.28. The molecule has 0 bridgehead atoms. The number of esters is 2. The van der Waals surface area contributed by atoms with Gasteiger partial charge in [-0.05, 0) is 51.4 Å². The van der Waals surface area contributed by atoms with Crippen molar-refractivity contribution >= 4 is 19.8 Å². The van der Waals surface area contributed by atoms with Crippen LogP contribution < -0.4 is 0 Å². The Labute approximate surface area is 432 Å². The van der Waals surface area contributed by atoms with Gasteiger partial charge in [-0.1, -0.05) is 254 Å². The highest BCUT2D eigenvalue weighted by Crippen LogP contribution is 2.43. The molecule has 2 atom stereocenters. The van der Waals surface area contributed by atoms with Gasteiger partial charge >= 0.3 is 19.8 Å². The van der Waals surface area contributed by atoms with Crippen molar-refractivity contribution < 1.29 is 42.1 Å². The molecule has 0 aromatic heterocycles. The number of hydrogen-bond donors (Lipinski definition) is 1. The minimum absolute atomic E-state index is 0.0200. The third kappa shape index (κ3) is 55.0. The molecule has 0 aromatic rings. The normalized spacial score (nSPS) is 13.7. The van der Waals surface area contributed by atoms with Crippen molar-refractivity contribution in [1.29, 1.82) is 0 Å². The largest absolute Gasteiger partial charge is 0.472 e. The monoisotopic (exact) mass is 1000 g/mol. The molecule has 0 rings (SSSR count). The summed E-state index contributed by atoms with van der Waals surface area (Å²) >= 11 is 0. The number of hydrogen-bond acceptors (Lipinski definition) is 7. The Kier molecular flexibility index (Phi) is 49.9. The highest BCUT2D eigenvalue weighted by atomic mass is 31.2. The van der Waals surface area contributed by atoms with Crippen LogP contribution in [-0.2, 0) is 32.7 Å². The van der Waals surface area contributed by atoms with Crippen LogP contribution in [0.4, 0.5) is 0 Å². The van der Waals surface area contributed by atoms with Gasteiger partial charge in [0.2, 0.25) is 0 Å². The Morgan fingerprint density at radius 1 is 0.457 bits per heavy atom. The molecule has 0 amide bonds. The zero-order valence-corrected chi connectivity index (χ0v) is 47.1. The molecular weight excluding hydrogens is 894 g/mol. The number of carbonyl (C=O) groups excluding carboxylic acids is 2. The van der Waals surface area contributed by atoms with Crippen molar-refractivity contribution in [1.82, 2.24) is 0 Å². The van der Waals surface area contributed by atoms with Gasteiger partial charge in [0.1, 0.15) is 19.8 Å². The standard InChI is InChI=1S/C60H110NO8P/c1-6-8-10-12-14-16-18-20-22-24-25-26-27-28-29-30-31-32-33-34-35-37-38-40-42-44-46-48-50-52-59(62)66-56-58(57-68-70(64,65)67-55-54-61(3,4)5)69-60(63)53-51-49-47-45-43-41-39-36-23-21-19-17-15-13-11-9-7-2/h9,11,15,17,21,23,39,41,45,47,58H,6-8,10,12-14,16,18-20,22,24-38,40,42-44,46,48-57H2,1-5H3/p+1/b11-9-,17-15-,23-21-,41-39-,47-45-. The molecule has 0 heterocycles. The number of ether oxygens (including phenoxy) is 2. The van der Waals surface area contributed by atoms with E-state index in [1.54, 1.807) is 0 Å². The van der Waals surface area contributed by atoms with Crippen molar-refractivity contribution in [3.05, 3.63) is 60.8 Å². The summed E-state index contributed by atoms with van der Waals surface area (Å²) in [6.07, 6.45) is 66.1. The fraction of sp³-hybridized carbons (Fsp3) is 0.800. The number of allylic oxidation sites excluding steroid dienone is 10. The average Bonchev–Trinajstić information content (AvgIpc) is 3.32. The van der Waals surface area contributed by atoms with Gasteiger partial charge in [0.15, 0.2) is 6.10 Å². The van der Waals surface area contributed by atoms with E-state index in [9.17, 15) is 19.0 Å². The first kappa shape index (κ1) is 67.7. The maximum absolute atomic E-state index is 12.7. The lowest BCUT2D eigenvalue weighted by Gasteiger charge is -2.24. The van der Waals surface area contributed by atoms with Gasteiger partial charge in [-0.15, -0.1) is 0 Å². The highest BCUT2D eigenvalue weighted by Gasteiger charge is 2.27. The lowest BCUT2D eigenvalue weighted by molar-refractivity contribution is -0.870. The van der Waals surface area contributed by atoms with E-state index >= 15 is 0 Å². The molecule has 0 saturated carbocycles. The van der Waals surface area contributed by atoms with E-state index in [0.717, 1.165) is 51.4 Å². The maximum Gasteiger partial charge on any atom is 0.472 e. The van der Waals surface area contributed by atoms with Gasteiger partial charge in [0.05, 0.1) is 27.7 Å². The van der Waals surface area contributed by atoms with E-state index in [0.29, 0.717) is 23.9 Å². The molecule has 408 valence electrons. The van der Waals surface area contributed by atoms with E-state index in [1.807, 2.05) is 27.2 Å². The molecule has 2 unspecified atom stereocenters. The van der Waals surface area contributed by atoms with Crippen LogP contribution in [0.3, 0.4) is 0 Å². The first-order valence-corrected chi connectivity index (χ1v) is 30.5. The number of unbranched alkanes of at least 4 members (excludes halogenated alkanes) is 29. The summed E-state index contributed by atoms with van der Waals surface area (Å²) in [7, 11) is 1.44. The van der Waals surface area contributed by atoms with Crippen LogP contribution in [0, 0.1) is 0 Å². The minimum Gasteiger partial charge on any atom is -0.462 e. The van der Waals surface area contributed by atoms with Crippen LogP contribution in [0.5, 0.6) is 0 Å². The minimum atomic E-state index is -4.40. The van der Waals surface area contributed by atoms with Crippen molar-refractivity contribution in [3.8, 4) is 0 Å². The zero-order chi connectivity index (χ0) is 51.3. The smallest absolute Gasteiger partial charge is 0.462 e. The Hall–Kier alpha value is -2.29. The molecule has 0 radical (unpaired) electrons. The molecule has 70 heavy (non-hydrogen) atoms. The number of phosphoric ester groups is 1. The van der Waals surface area contributed by atoms with Gasteiger partial charge in [-0.25, -0.2) is 4.57 Å². The summed E-state index contributed by atoms with van der Waals surface area (Å²) in [4.78, 5) is 35.6. The second-order valence-electron chi connectivity index (χ2n) is 20.7. The first-order valence-electron chi connectivity index (χ1n) is 29.0. The van der Waals surface area contributed by atoms with Gasteiger partial charge in [-0.3, -0.25) is 18.6 Å². The molecule has 0 aliphatic rings. The van der Waals surface area contributed by atoms with Gasteiger partial charge in [0.25, 0.3) is 0 Å². The molecule has 9 nitrogen and oxygen atoms in total. The fourth-order valence-electron chi connectivity index (χ4n) is 8.11. The van der Waals surface area contributed by atoms with Crippen LogP contribution in [0.1, 0.15) is 258 Å². The van der Waals surface area contributed by atoms with E-state index in [4.69, 9.17) is 18.5 Å². The Morgan fingerprint density at radius 3 is 1.20 bits per heavy atom. The van der Waals surface area contributed by atoms with E-state index < -0.39 is 26.5 Å². The van der Waals surface area contributed by atoms with Crippen molar-refractivity contribution in [3.63, 3.8) is 0 Å². The molecule has 10 heteroatoms. The zero-order valence-electron chi connectivity index (χ0n) is 46.2. The molecule has 0 aliphatic carbocycles. The Balaban J connectivity index is 4.11. The lowest BCUT2D eigenvalue weighted by Crippen LogP contribution is -2.37. The quantitative estimate of drug-likeness (QED) is 0.0211. The summed E-state index contributed by atoms with van der Waals surface area (Å²) in [5, 5.41) is 0. The predicted molar refractivity (Wildman–Crippen MR) is 298 cm³/mol. The summed E-state index contributed by atoms with van der Waals surface area (Å²) in [6, 6.07) is 0. The number of nitrogens with zero attached hydrogens (tertiary/aromatic N) is 1. The molecule has 0 fully saturated rings. The second kappa shape index (κ2) is 51.6. The molecule has 0 spiro atoms. The van der Waals surface area contributed by atoms with Crippen molar-refractivity contribution in [2.75, 3.05) is 47.5 Å². The topological polar surface area (TPSA) is 108 Å². The molecular formula is C60H111NO8P+. The Bertz CT molecular complexity index is 1370. The third-order valence-electron chi connectivity index (χ3n) is 12.6. The van der Waals surface area contributed by atoms with Crippen LogP contribution in [0.25, 0.3) is 0 Å². The van der Waals surface area contributed by atoms with E-state index in [2.05, 4.69) is 68.5 Å². The Morgan fingerprint density at radius 2 is 0.814 bits per heavy atom. The number of likely N-dealkylation sites (N-methyl/N-ethyl adjacent to an activating group) is 1. The third-order valence-corrected chi connectivity index (χ3v) is 13.5. The van der Waals surface area contributed by atoms with Crippen LogP contribution in [-0.4, -0.2) is 74.9 Å². The summed E-state index contributed by atoms with van der Waals surface area (Å²) in [5.74, 6) is -0.859. The number of carbonyl (C=O) groups is 2. The van der Waals surface area contributed by atoms with Crippen LogP contribution in [0.15, 0.2) is 60.8 Å². The van der Waals surface area contributed by atoms with Crippen LogP contribution in [0.2, 0.25) is 0 Å². The van der Waals surface area contributed by atoms with Gasteiger partial charge in [0, 0.05) is 12.8 Å². The van der Waals surface area contributed by atoms with Crippen LogP contribution >= 0.6 is 7.82 Å². The van der Waals surface area contributed by atoms with E-state index in [-0.39, 0.29) is 32.0 Å². The van der Waals surface area contributed by atoms with Crippen molar-refractivity contribution in [2.45, 2.75) is 264 Å². The predicted octanol–water partition coefficient (Wildman–Crippen LogP) is 17.9. The molecule has 0 saturated heterocycles. The summed E-state index contributed by atoms with van der Waals surface area (Å²) in [5.41, 5.74) is 0. The number of rotatable bonds is 53. The molecule has 1 N–H and O–H groups in total. The van der Waals surface area contributed by atoms with Gasteiger partial charge in [-0.2, -0.15) is 0 Å². The number of phosphoric acid groups is 1. The van der Waals surface area contributed by atoms with Gasteiger partial charge < -0.3 is 18.9 Å². The SMILES string of the molecule is CC/C=C\C/C=C\C/C=C\C/C=C\C/C=C\CCCC(=O)OC(COC(=O)CCCCCCCCCCCCCCCCCCCCCCCCCCCCCCC)COP(=O)(O)OCC[N+](C)(C)C. The fourth-order valence-corrected chi connectivity index (χ4v) is 8.85. The average molecular weight is 1010 g/mol. The first-order chi connectivity index (χ1) is 34.0. The van der Waals surface area contributed by atoms with Crippen molar-refractivity contribution in [2.24, 2.45) is 0 Å². The number of quaternary nitrogens is 1.